The zero-order valence-corrected chi connectivity index (χ0v) is 12.4. The lowest BCUT2D eigenvalue weighted by Crippen LogP contribution is -2.52. The molecule has 20 heavy (non-hydrogen) atoms. The number of para-hydroxylation sites is 1. The monoisotopic (exact) mass is 274 g/mol. The third-order valence-electron chi connectivity index (χ3n) is 3.66. The summed E-state index contributed by atoms with van der Waals surface area (Å²) in [4.78, 5) is 16.4. The Hall–Kier alpha value is -1.81. The molecule has 0 spiro atoms. The van der Waals surface area contributed by atoms with Crippen molar-refractivity contribution in [3.05, 3.63) is 35.9 Å². The van der Waals surface area contributed by atoms with Gasteiger partial charge in [0.05, 0.1) is 7.11 Å². The third-order valence-corrected chi connectivity index (χ3v) is 3.66. The van der Waals surface area contributed by atoms with Gasteiger partial charge in [0.15, 0.2) is 0 Å². The van der Waals surface area contributed by atoms with Gasteiger partial charge in [0.1, 0.15) is 5.75 Å². The van der Waals surface area contributed by atoms with Gasteiger partial charge >= 0.3 is 0 Å². The van der Waals surface area contributed by atoms with E-state index in [1.807, 2.05) is 35.2 Å². The standard InChI is InChI=1S/C16H22N2O2/c1-13-12-17(2)10-11-18(13)16(19)9-8-14-6-4-5-7-15(14)20-3/h4-9,13H,10-12H2,1-3H3/b9-8+. The predicted octanol–water partition coefficient (Wildman–Crippen LogP) is 1.87. The van der Waals surface area contributed by atoms with E-state index in [1.165, 1.54) is 0 Å². The normalized spacial score (nSPS) is 20.4. The van der Waals surface area contributed by atoms with Crippen molar-refractivity contribution in [2.45, 2.75) is 13.0 Å². The maximum absolute atomic E-state index is 12.3. The quantitative estimate of drug-likeness (QED) is 0.789. The van der Waals surface area contributed by atoms with E-state index < -0.39 is 0 Å². The highest BCUT2D eigenvalue weighted by molar-refractivity contribution is 5.92. The van der Waals surface area contributed by atoms with Crippen LogP contribution >= 0.6 is 0 Å². The fourth-order valence-corrected chi connectivity index (χ4v) is 2.53. The molecule has 0 radical (unpaired) electrons. The minimum atomic E-state index is 0.0662. The molecule has 0 aromatic heterocycles. The first-order chi connectivity index (χ1) is 9.61. The van der Waals surface area contributed by atoms with Gasteiger partial charge < -0.3 is 14.5 Å². The Labute approximate surface area is 120 Å². The number of amides is 1. The van der Waals surface area contributed by atoms with Crippen LogP contribution in [0.15, 0.2) is 30.3 Å². The fraction of sp³-hybridized carbons (Fsp3) is 0.438. The van der Waals surface area contributed by atoms with E-state index in [4.69, 9.17) is 4.74 Å². The highest BCUT2D eigenvalue weighted by atomic mass is 16.5. The van der Waals surface area contributed by atoms with Gasteiger partial charge in [-0.1, -0.05) is 18.2 Å². The molecule has 1 saturated heterocycles. The summed E-state index contributed by atoms with van der Waals surface area (Å²) in [6, 6.07) is 7.94. The van der Waals surface area contributed by atoms with Crippen molar-refractivity contribution < 1.29 is 9.53 Å². The molecule has 1 aromatic rings. The number of hydrogen-bond donors (Lipinski definition) is 0. The van der Waals surface area contributed by atoms with Crippen molar-refractivity contribution in [3.63, 3.8) is 0 Å². The average molecular weight is 274 g/mol. The Morgan fingerprint density at radius 3 is 2.80 bits per heavy atom. The minimum absolute atomic E-state index is 0.0662. The molecule has 108 valence electrons. The van der Waals surface area contributed by atoms with Crippen molar-refractivity contribution >= 4 is 12.0 Å². The van der Waals surface area contributed by atoms with Crippen molar-refractivity contribution in [1.82, 2.24) is 9.80 Å². The highest BCUT2D eigenvalue weighted by Gasteiger charge is 2.23. The van der Waals surface area contributed by atoms with Crippen LogP contribution in [-0.2, 0) is 4.79 Å². The largest absolute Gasteiger partial charge is 0.496 e. The zero-order chi connectivity index (χ0) is 14.5. The summed E-state index contributed by atoms with van der Waals surface area (Å²) in [5.41, 5.74) is 0.921. The smallest absolute Gasteiger partial charge is 0.246 e. The van der Waals surface area contributed by atoms with Crippen LogP contribution in [0, 0.1) is 0 Å². The Morgan fingerprint density at radius 2 is 2.10 bits per heavy atom. The second-order valence-corrected chi connectivity index (χ2v) is 5.22. The molecule has 1 aliphatic rings. The number of ether oxygens (including phenoxy) is 1. The summed E-state index contributed by atoms with van der Waals surface area (Å²) >= 11 is 0. The van der Waals surface area contributed by atoms with Crippen LogP contribution in [0.3, 0.4) is 0 Å². The number of hydrogen-bond acceptors (Lipinski definition) is 3. The van der Waals surface area contributed by atoms with Gasteiger partial charge in [-0.2, -0.15) is 0 Å². The molecule has 0 aliphatic carbocycles. The topological polar surface area (TPSA) is 32.8 Å². The summed E-state index contributed by atoms with van der Waals surface area (Å²) in [5.74, 6) is 0.847. The molecule has 0 N–H and O–H groups in total. The van der Waals surface area contributed by atoms with Gasteiger partial charge in [-0.25, -0.2) is 0 Å². The zero-order valence-electron chi connectivity index (χ0n) is 12.4. The number of rotatable bonds is 3. The van der Waals surface area contributed by atoms with Crippen LogP contribution in [0.1, 0.15) is 12.5 Å². The molecule has 2 rings (SSSR count). The van der Waals surface area contributed by atoms with E-state index >= 15 is 0 Å². The van der Waals surface area contributed by atoms with Gasteiger partial charge in [0.25, 0.3) is 0 Å². The van der Waals surface area contributed by atoms with Gasteiger partial charge in [-0.3, -0.25) is 4.79 Å². The van der Waals surface area contributed by atoms with E-state index in [2.05, 4.69) is 18.9 Å². The van der Waals surface area contributed by atoms with Crippen LogP contribution in [0.5, 0.6) is 5.75 Å². The number of nitrogens with zero attached hydrogens (tertiary/aromatic N) is 2. The summed E-state index contributed by atoms with van der Waals surface area (Å²) in [5, 5.41) is 0. The highest BCUT2D eigenvalue weighted by Crippen LogP contribution is 2.19. The Kier molecular flexibility index (Phi) is 4.79. The van der Waals surface area contributed by atoms with Crippen LogP contribution in [-0.4, -0.2) is 55.5 Å². The number of carbonyl (C=O) groups excluding carboxylic acids is 1. The maximum atomic E-state index is 12.3. The SMILES string of the molecule is COc1ccccc1/C=C/C(=O)N1CCN(C)CC1C. The fourth-order valence-electron chi connectivity index (χ4n) is 2.53. The lowest BCUT2D eigenvalue weighted by atomic mass is 10.1. The first-order valence-electron chi connectivity index (χ1n) is 6.92. The summed E-state index contributed by atoms with van der Waals surface area (Å²) < 4.78 is 5.28. The second-order valence-electron chi connectivity index (χ2n) is 5.22. The van der Waals surface area contributed by atoms with Gasteiger partial charge in [-0.15, -0.1) is 0 Å². The maximum Gasteiger partial charge on any atom is 0.246 e. The van der Waals surface area contributed by atoms with Crippen LogP contribution < -0.4 is 4.74 Å². The van der Waals surface area contributed by atoms with Crippen LogP contribution in [0.25, 0.3) is 6.08 Å². The average Bonchev–Trinajstić information content (AvgIpc) is 2.45. The summed E-state index contributed by atoms with van der Waals surface area (Å²) in [6.07, 6.45) is 3.46. The van der Waals surface area contributed by atoms with Crippen molar-refractivity contribution in [3.8, 4) is 5.75 Å². The molecule has 1 aliphatic heterocycles. The molecule has 1 heterocycles. The number of likely N-dealkylation sites (N-methyl/N-ethyl adjacent to an activating group) is 1. The molecule has 1 fully saturated rings. The molecule has 0 bridgehead atoms. The minimum Gasteiger partial charge on any atom is -0.496 e. The van der Waals surface area contributed by atoms with Crippen LogP contribution in [0.4, 0.5) is 0 Å². The van der Waals surface area contributed by atoms with Gasteiger partial charge in [0, 0.05) is 37.3 Å². The van der Waals surface area contributed by atoms with E-state index in [1.54, 1.807) is 13.2 Å². The second kappa shape index (κ2) is 6.57. The van der Waals surface area contributed by atoms with Crippen LogP contribution in [0.2, 0.25) is 0 Å². The van der Waals surface area contributed by atoms with Crippen molar-refractivity contribution in [1.29, 1.82) is 0 Å². The molecule has 1 atom stereocenters. The molecule has 1 unspecified atom stereocenters. The lowest BCUT2D eigenvalue weighted by molar-refractivity contribution is -0.129. The molecule has 4 heteroatoms. The first kappa shape index (κ1) is 14.6. The summed E-state index contributed by atoms with van der Waals surface area (Å²) in [7, 11) is 3.72. The van der Waals surface area contributed by atoms with E-state index in [0.717, 1.165) is 30.9 Å². The number of benzene rings is 1. The lowest BCUT2D eigenvalue weighted by Gasteiger charge is -2.37. The predicted molar refractivity (Wildman–Crippen MR) is 80.7 cm³/mol. The Balaban J connectivity index is 2.05. The summed E-state index contributed by atoms with van der Waals surface area (Å²) in [6.45, 7) is 4.73. The number of carbonyl (C=O) groups is 1. The van der Waals surface area contributed by atoms with Crippen molar-refractivity contribution in [2.75, 3.05) is 33.8 Å². The number of methoxy groups -OCH3 is 1. The molecular formula is C16H22N2O2. The van der Waals surface area contributed by atoms with Gasteiger partial charge in [-0.05, 0) is 26.1 Å². The third kappa shape index (κ3) is 3.39. The molecule has 1 amide bonds. The first-order valence-corrected chi connectivity index (χ1v) is 6.92. The van der Waals surface area contributed by atoms with E-state index in [0.29, 0.717) is 0 Å². The van der Waals surface area contributed by atoms with Gasteiger partial charge in [0.2, 0.25) is 5.91 Å². The molecule has 0 saturated carbocycles. The van der Waals surface area contributed by atoms with Crippen molar-refractivity contribution in [2.24, 2.45) is 0 Å². The molecule has 4 nitrogen and oxygen atoms in total. The number of piperazine rings is 1. The Morgan fingerprint density at radius 1 is 1.35 bits per heavy atom. The Bertz CT molecular complexity index is 499. The molecular weight excluding hydrogens is 252 g/mol. The molecule has 1 aromatic carbocycles. The van der Waals surface area contributed by atoms with E-state index in [-0.39, 0.29) is 11.9 Å². The van der Waals surface area contributed by atoms with E-state index in [9.17, 15) is 4.79 Å².